The van der Waals surface area contributed by atoms with Gasteiger partial charge < -0.3 is 9.72 Å². The number of aryl methyl sites for hydroxylation is 1. The number of ether oxygens (including phenoxy) is 1. The van der Waals surface area contributed by atoms with Crippen LogP contribution in [0.1, 0.15) is 28.4 Å². The van der Waals surface area contributed by atoms with Gasteiger partial charge in [-0.3, -0.25) is 4.79 Å². The standard InChI is InChI=1S/C23H20N2O3S2/c1-3-28-22(27)17-10-6-15(7-11-17)12-30-23-24-20(26)19-18(13-29-21(19)25-23)16-8-4-14(2)5-9-16/h4-11,13H,3,12H2,1-2H3,(H,24,25,26). The summed E-state index contributed by atoms with van der Waals surface area (Å²) in [7, 11) is 0. The fourth-order valence-electron chi connectivity index (χ4n) is 3.05. The Morgan fingerprint density at radius 1 is 1.13 bits per heavy atom. The molecule has 0 saturated carbocycles. The van der Waals surface area contributed by atoms with Crippen molar-refractivity contribution in [2.45, 2.75) is 24.8 Å². The molecule has 0 saturated heterocycles. The maximum Gasteiger partial charge on any atom is 0.338 e. The SMILES string of the molecule is CCOC(=O)c1ccc(CSc2nc3scc(-c4ccc(C)cc4)c3c(=O)[nH]2)cc1. The van der Waals surface area contributed by atoms with Crippen LogP contribution in [0.3, 0.4) is 0 Å². The van der Waals surface area contributed by atoms with Gasteiger partial charge in [-0.15, -0.1) is 11.3 Å². The van der Waals surface area contributed by atoms with E-state index in [-0.39, 0.29) is 11.5 Å². The predicted molar refractivity (Wildman–Crippen MR) is 122 cm³/mol. The van der Waals surface area contributed by atoms with E-state index in [1.54, 1.807) is 19.1 Å². The second kappa shape index (κ2) is 8.85. The van der Waals surface area contributed by atoms with Gasteiger partial charge in [0.05, 0.1) is 17.6 Å². The van der Waals surface area contributed by atoms with E-state index in [1.807, 2.05) is 48.7 Å². The summed E-state index contributed by atoms with van der Waals surface area (Å²) in [6.07, 6.45) is 0. The van der Waals surface area contributed by atoms with Gasteiger partial charge in [0.1, 0.15) is 4.83 Å². The van der Waals surface area contributed by atoms with E-state index in [9.17, 15) is 9.59 Å². The summed E-state index contributed by atoms with van der Waals surface area (Å²) in [6.45, 7) is 4.18. The van der Waals surface area contributed by atoms with Crippen LogP contribution in [0.15, 0.2) is 63.9 Å². The summed E-state index contributed by atoms with van der Waals surface area (Å²) in [6, 6.07) is 15.4. The third kappa shape index (κ3) is 4.32. The summed E-state index contributed by atoms with van der Waals surface area (Å²) < 4.78 is 5.00. The maximum absolute atomic E-state index is 12.8. The van der Waals surface area contributed by atoms with E-state index in [2.05, 4.69) is 9.97 Å². The number of esters is 1. The van der Waals surface area contributed by atoms with Crippen molar-refractivity contribution in [3.05, 3.63) is 81.0 Å². The van der Waals surface area contributed by atoms with Crippen molar-refractivity contribution in [3.63, 3.8) is 0 Å². The van der Waals surface area contributed by atoms with Crippen LogP contribution < -0.4 is 5.56 Å². The molecule has 2 aromatic carbocycles. The first-order valence-electron chi connectivity index (χ1n) is 9.52. The number of thiophene rings is 1. The number of nitrogens with zero attached hydrogens (tertiary/aromatic N) is 1. The molecule has 0 atom stereocenters. The van der Waals surface area contributed by atoms with Crippen LogP contribution in [0.5, 0.6) is 0 Å². The molecule has 1 N–H and O–H groups in total. The number of H-pyrrole nitrogens is 1. The summed E-state index contributed by atoms with van der Waals surface area (Å²) in [4.78, 5) is 32.8. The number of nitrogens with one attached hydrogen (secondary N) is 1. The lowest BCUT2D eigenvalue weighted by molar-refractivity contribution is 0.0526. The Morgan fingerprint density at radius 2 is 1.87 bits per heavy atom. The molecule has 30 heavy (non-hydrogen) atoms. The second-order valence-corrected chi connectivity index (χ2v) is 8.59. The average Bonchev–Trinajstić information content (AvgIpc) is 3.18. The Labute approximate surface area is 182 Å². The highest BCUT2D eigenvalue weighted by Crippen LogP contribution is 2.32. The van der Waals surface area contributed by atoms with Gasteiger partial charge in [0.2, 0.25) is 0 Å². The molecule has 0 bridgehead atoms. The van der Waals surface area contributed by atoms with E-state index < -0.39 is 0 Å². The summed E-state index contributed by atoms with van der Waals surface area (Å²) in [5.74, 6) is 0.309. The monoisotopic (exact) mass is 436 g/mol. The van der Waals surface area contributed by atoms with E-state index in [0.717, 1.165) is 21.5 Å². The topological polar surface area (TPSA) is 72.0 Å². The number of carbonyl (C=O) groups excluding carboxylic acids is 1. The lowest BCUT2D eigenvalue weighted by atomic mass is 10.1. The molecule has 2 heterocycles. The van der Waals surface area contributed by atoms with Crippen molar-refractivity contribution in [2.24, 2.45) is 0 Å². The lowest BCUT2D eigenvalue weighted by Gasteiger charge is -2.05. The highest BCUT2D eigenvalue weighted by molar-refractivity contribution is 7.98. The molecular formula is C23H20N2O3S2. The highest BCUT2D eigenvalue weighted by Gasteiger charge is 2.13. The second-order valence-electron chi connectivity index (χ2n) is 6.77. The molecule has 0 unspecified atom stereocenters. The minimum absolute atomic E-state index is 0.128. The number of hydrogen-bond acceptors (Lipinski definition) is 6. The van der Waals surface area contributed by atoms with Crippen LogP contribution in [0.4, 0.5) is 0 Å². The molecule has 4 aromatic rings. The molecule has 0 aliphatic rings. The van der Waals surface area contributed by atoms with Gasteiger partial charge in [-0.2, -0.15) is 0 Å². The van der Waals surface area contributed by atoms with Gasteiger partial charge in [-0.25, -0.2) is 9.78 Å². The first-order chi connectivity index (χ1) is 14.5. The molecule has 0 aliphatic heterocycles. The van der Waals surface area contributed by atoms with Crippen molar-refractivity contribution in [2.75, 3.05) is 6.61 Å². The third-order valence-corrected chi connectivity index (χ3v) is 6.44. The average molecular weight is 437 g/mol. The van der Waals surface area contributed by atoms with E-state index in [4.69, 9.17) is 4.74 Å². The number of carbonyl (C=O) groups is 1. The minimum atomic E-state index is -0.324. The number of thioether (sulfide) groups is 1. The molecule has 7 heteroatoms. The zero-order valence-electron chi connectivity index (χ0n) is 16.6. The van der Waals surface area contributed by atoms with E-state index >= 15 is 0 Å². The number of hydrogen-bond donors (Lipinski definition) is 1. The van der Waals surface area contributed by atoms with Crippen molar-refractivity contribution in [1.29, 1.82) is 0 Å². The minimum Gasteiger partial charge on any atom is -0.462 e. The first-order valence-corrected chi connectivity index (χ1v) is 11.4. The Balaban J connectivity index is 1.52. The fraction of sp³-hybridized carbons (Fsp3) is 0.174. The van der Waals surface area contributed by atoms with Crippen LogP contribution in [0.25, 0.3) is 21.3 Å². The quantitative estimate of drug-likeness (QED) is 0.248. The van der Waals surface area contributed by atoms with Crippen LogP contribution in [-0.4, -0.2) is 22.5 Å². The number of aromatic amines is 1. The number of aromatic nitrogens is 2. The zero-order chi connectivity index (χ0) is 21.1. The van der Waals surface area contributed by atoms with Crippen molar-refractivity contribution < 1.29 is 9.53 Å². The zero-order valence-corrected chi connectivity index (χ0v) is 18.2. The maximum atomic E-state index is 12.8. The molecule has 0 spiro atoms. The highest BCUT2D eigenvalue weighted by atomic mass is 32.2. The van der Waals surface area contributed by atoms with Crippen molar-refractivity contribution in [3.8, 4) is 11.1 Å². The Morgan fingerprint density at radius 3 is 2.57 bits per heavy atom. The van der Waals surface area contributed by atoms with E-state index in [1.165, 1.54) is 28.7 Å². The Bertz CT molecular complexity index is 1240. The summed E-state index contributed by atoms with van der Waals surface area (Å²) in [5.41, 5.74) is 4.54. The number of benzene rings is 2. The fourth-order valence-corrected chi connectivity index (χ4v) is 4.87. The van der Waals surface area contributed by atoms with Gasteiger partial charge in [0.15, 0.2) is 5.16 Å². The number of fused-ring (bicyclic) bond motifs is 1. The molecule has 0 fully saturated rings. The molecule has 0 radical (unpaired) electrons. The van der Waals surface area contributed by atoms with Gasteiger partial charge in [-0.05, 0) is 37.1 Å². The van der Waals surface area contributed by atoms with Gasteiger partial charge in [-0.1, -0.05) is 53.7 Å². The van der Waals surface area contributed by atoms with Gasteiger partial charge in [0, 0.05) is 16.7 Å². The largest absolute Gasteiger partial charge is 0.462 e. The molecule has 5 nitrogen and oxygen atoms in total. The molecule has 0 aliphatic carbocycles. The summed E-state index contributed by atoms with van der Waals surface area (Å²) in [5, 5.41) is 3.20. The molecule has 4 rings (SSSR count). The van der Waals surface area contributed by atoms with Crippen LogP contribution in [0, 0.1) is 6.92 Å². The molecule has 2 aromatic heterocycles. The molecule has 0 amide bonds. The van der Waals surface area contributed by atoms with Crippen LogP contribution in [-0.2, 0) is 10.5 Å². The Kier molecular flexibility index (Phi) is 6.01. The Hall–Kier alpha value is -2.90. The predicted octanol–water partition coefficient (Wildman–Crippen LogP) is 5.43. The van der Waals surface area contributed by atoms with Crippen LogP contribution >= 0.6 is 23.1 Å². The normalized spacial score (nSPS) is 11.0. The van der Waals surface area contributed by atoms with Gasteiger partial charge >= 0.3 is 5.97 Å². The smallest absolute Gasteiger partial charge is 0.338 e. The van der Waals surface area contributed by atoms with Crippen molar-refractivity contribution >= 4 is 39.3 Å². The van der Waals surface area contributed by atoms with E-state index in [0.29, 0.717) is 28.5 Å². The van der Waals surface area contributed by atoms with Gasteiger partial charge in [0.25, 0.3) is 5.56 Å². The first kappa shape index (κ1) is 20.4. The summed E-state index contributed by atoms with van der Waals surface area (Å²) >= 11 is 2.93. The number of rotatable bonds is 6. The third-order valence-electron chi connectivity index (χ3n) is 4.63. The molecular weight excluding hydrogens is 416 g/mol. The van der Waals surface area contributed by atoms with Crippen molar-refractivity contribution in [1.82, 2.24) is 9.97 Å². The lowest BCUT2D eigenvalue weighted by Crippen LogP contribution is -2.08. The van der Waals surface area contributed by atoms with Crippen LogP contribution in [0.2, 0.25) is 0 Å². The molecule has 152 valence electrons.